The van der Waals surface area contributed by atoms with Crippen molar-refractivity contribution in [1.82, 2.24) is 5.32 Å². The second-order valence-electron chi connectivity index (χ2n) is 3.89. The molecule has 2 aromatic rings. The molecule has 0 unspecified atom stereocenters. The van der Waals surface area contributed by atoms with Crippen LogP contribution >= 0.6 is 34.2 Å². The lowest BCUT2D eigenvalue weighted by atomic mass is 10.2. The van der Waals surface area contributed by atoms with Crippen molar-refractivity contribution in [3.8, 4) is 0 Å². The molecule has 20 heavy (non-hydrogen) atoms. The number of carbonyl (C=O) groups excluding carboxylic acids is 2. The number of halogens is 2. The maximum absolute atomic E-state index is 11.9. The van der Waals surface area contributed by atoms with Crippen LogP contribution in [0.2, 0.25) is 5.02 Å². The Kier molecular flexibility index (Phi) is 4.97. The zero-order chi connectivity index (χ0) is 14.5. The Morgan fingerprint density at radius 1 is 1.00 bits per heavy atom. The van der Waals surface area contributed by atoms with E-state index in [9.17, 15) is 9.59 Å². The Hall–Kier alpha value is -1.60. The molecule has 0 aromatic heterocycles. The molecule has 2 N–H and O–H groups in total. The van der Waals surface area contributed by atoms with E-state index in [1.54, 1.807) is 36.4 Å². The van der Waals surface area contributed by atoms with Gasteiger partial charge in [0.15, 0.2) is 0 Å². The molecule has 0 bridgehead atoms. The fourth-order valence-electron chi connectivity index (χ4n) is 1.51. The van der Waals surface area contributed by atoms with Crippen molar-refractivity contribution in [2.75, 3.05) is 5.32 Å². The van der Waals surface area contributed by atoms with E-state index in [-0.39, 0.29) is 5.56 Å². The van der Waals surface area contributed by atoms with Crippen molar-refractivity contribution < 1.29 is 9.59 Å². The summed E-state index contributed by atoms with van der Waals surface area (Å²) in [7, 11) is 0. The number of benzene rings is 2. The van der Waals surface area contributed by atoms with Crippen molar-refractivity contribution in [3.63, 3.8) is 0 Å². The molecule has 0 aliphatic rings. The van der Waals surface area contributed by atoms with Gasteiger partial charge >= 0.3 is 6.03 Å². The first-order chi connectivity index (χ1) is 9.56. The van der Waals surface area contributed by atoms with Crippen molar-refractivity contribution in [2.24, 2.45) is 0 Å². The number of imide groups is 1. The van der Waals surface area contributed by atoms with Gasteiger partial charge in [-0.2, -0.15) is 0 Å². The molecular formula is C14H10ClIN2O2. The lowest BCUT2D eigenvalue weighted by molar-refractivity contribution is 0.0967. The highest BCUT2D eigenvalue weighted by Gasteiger charge is 2.12. The topological polar surface area (TPSA) is 58.2 Å². The molecule has 0 atom stereocenters. The van der Waals surface area contributed by atoms with Crippen LogP contribution in [0.1, 0.15) is 10.4 Å². The lowest BCUT2D eigenvalue weighted by Gasteiger charge is -2.07. The summed E-state index contributed by atoms with van der Waals surface area (Å²) in [5.41, 5.74) is 0.863. The van der Waals surface area contributed by atoms with Gasteiger partial charge in [0.1, 0.15) is 0 Å². The number of rotatable bonds is 2. The van der Waals surface area contributed by atoms with Crippen LogP contribution in [0.4, 0.5) is 10.5 Å². The molecule has 4 nitrogen and oxygen atoms in total. The smallest absolute Gasteiger partial charge is 0.308 e. The molecule has 0 heterocycles. The molecule has 0 saturated carbocycles. The predicted octanol–water partition coefficient (Wildman–Crippen LogP) is 3.91. The minimum atomic E-state index is -0.601. The molecule has 102 valence electrons. The van der Waals surface area contributed by atoms with Gasteiger partial charge in [-0.1, -0.05) is 23.7 Å². The molecule has 0 radical (unpaired) electrons. The van der Waals surface area contributed by atoms with Crippen LogP contribution in [-0.4, -0.2) is 11.9 Å². The third kappa shape index (κ3) is 3.94. The summed E-state index contributed by atoms with van der Waals surface area (Å²) in [6, 6.07) is 13.1. The lowest BCUT2D eigenvalue weighted by Crippen LogP contribution is -2.34. The van der Waals surface area contributed by atoms with E-state index in [2.05, 4.69) is 33.2 Å². The first-order valence-corrected chi connectivity index (χ1v) is 7.14. The molecular weight excluding hydrogens is 391 g/mol. The second-order valence-corrected chi connectivity index (χ2v) is 5.55. The maximum Gasteiger partial charge on any atom is 0.326 e. The SMILES string of the molecule is O=C(NC(=O)c1ccccc1Cl)Nc1ccc(I)cc1. The summed E-state index contributed by atoms with van der Waals surface area (Å²) in [4.78, 5) is 23.6. The number of carbonyl (C=O) groups is 2. The number of anilines is 1. The molecule has 0 fully saturated rings. The Balaban J connectivity index is 2.00. The molecule has 3 amide bonds. The average Bonchev–Trinajstić information content (AvgIpc) is 2.41. The number of amides is 3. The van der Waals surface area contributed by atoms with Crippen LogP contribution in [0.3, 0.4) is 0 Å². The van der Waals surface area contributed by atoms with E-state index < -0.39 is 11.9 Å². The first-order valence-electron chi connectivity index (χ1n) is 5.68. The number of hydrogen-bond acceptors (Lipinski definition) is 2. The van der Waals surface area contributed by atoms with Crippen LogP contribution in [0.25, 0.3) is 0 Å². The fourth-order valence-corrected chi connectivity index (χ4v) is 2.09. The molecule has 0 aliphatic carbocycles. The van der Waals surface area contributed by atoms with Gasteiger partial charge in [0, 0.05) is 9.26 Å². The minimum Gasteiger partial charge on any atom is -0.308 e. The van der Waals surface area contributed by atoms with Gasteiger partial charge in [0.25, 0.3) is 5.91 Å². The van der Waals surface area contributed by atoms with E-state index in [4.69, 9.17) is 11.6 Å². The third-order valence-electron chi connectivity index (χ3n) is 2.45. The van der Waals surface area contributed by atoms with E-state index in [0.717, 1.165) is 3.57 Å². The van der Waals surface area contributed by atoms with Gasteiger partial charge in [-0.3, -0.25) is 10.1 Å². The second kappa shape index (κ2) is 6.71. The summed E-state index contributed by atoms with van der Waals surface area (Å²) in [5, 5.41) is 5.10. The standard InChI is InChI=1S/C14H10ClIN2O2/c15-12-4-2-1-3-11(12)13(19)18-14(20)17-10-7-5-9(16)6-8-10/h1-8H,(H2,17,18,19,20). The Bertz CT molecular complexity index is 644. The number of hydrogen-bond donors (Lipinski definition) is 2. The van der Waals surface area contributed by atoms with E-state index in [0.29, 0.717) is 10.7 Å². The van der Waals surface area contributed by atoms with E-state index in [1.807, 2.05) is 12.1 Å². The molecule has 0 aliphatic heterocycles. The van der Waals surface area contributed by atoms with Crippen LogP contribution in [-0.2, 0) is 0 Å². The molecule has 2 rings (SSSR count). The molecule has 0 spiro atoms. The summed E-state index contributed by atoms with van der Waals surface area (Å²) >= 11 is 8.05. The largest absolute Gasteiger partial charge is 0.326 e. The van der Waals surface area contributed by atoms with Crippen LogP contribution in [0, 0.1) is 3.57 Å². The van der Waals surface area contributed by atoms with Crippen molar-refractivity contribution in [3.05, 3.63) is 62.7 Å². The van der Waals surface area contributed by atoms with Gasteiger partial charge in [-0.15, -0.1) is 0 Å². The van der Waals surface area contributed by atoms with Crippen molar-refractivity contribution in [1.29, 1.82) is 0 Å². The molecule has 6 heteroatoms. The normalized spacial score (nSPS) is 9.90. The Labute approximate surface area is 134 Å². The molecule has 0 saturated heterocycles. The zero-order valence-electron chi connectivity index (χ0n) is 10.2. The summed E-state index contributed by atoms with van der Waals surface area (Å²) < 4.78 is 1.06. The number of nitrogens with one attached hydrogen (secondary N) is 2. The van der Waals surface area contributed by atoms with Gasteiger partial charge in [-0.05, 0) is 59.0 Å². The van der Waals surface area contributed by atoms with E-state index >= 15 is 0 Å². The zero-order valence-corrected chi connectivity index (χ0v) is 13.1. The summed E-state index contributed by atoms with van der Waals surface area (Å²) in [6.07, 6.45) is 0. The summed E-state index contributed by atoms with van der Waals surface area (Å²) in [5.74, 6) is -0.543. The number of urea groups is 1. The molecule has 2 aromatic carbocycles. The monoisotopic (exact) mass is 400 g/mol. The average molecular weight is 401 g/mol. The van der Waals surface area contributed by atoms with E-state index in [1.165, 1.54) is 0 Å². The Morgan fingerprint density at radius 2 is 1.65 bits per heavy atom. The van der Waals surface area contributed by atoms with Gasteiger partial charge in [-0.25, -0.2) is 4.79 Å². The highest BCUT2D eigenvalue weighted by molar-refractivity contribution is 14.1. The van der Waals surface area contributed by atoms with Gasteiger partial charge < -0.3 is 5.32 Å². The maximum atomic E-state index is 11.9. The van der Waals surface area contributed by atoms with Crippen molar-refractivity contribution >= 4 is 51.8 Å². The fraction of sp³-hybridized carbons (Fsp3) is 0. The predicted molar refractivity (Wildman–Crippen MR) is 87.1 cm³/mol. The first kappa shape index (κ1) is 14.8. The summed E-state index contributed by atoms with van der Waals surface area (Å²) in [6.45, 7) is 0. The van der Waals surface area contributed by atoms with Crippen LogP contribution < -0.4 is 10.6 Å². The van der Waals surface area contributed by atoms with Crippen molar-refractivity contribution in [2.45, 2.75) is 0 Å². The van der Waals surface area contributed by atoms with Gasteiger partial charge in [0.05, 0.1) is 10.6 Å². The van der Waals surface area contributed by atoms with Gasteiger partial charge in [0.2, 0.25) is 0 Å². The third-order valence-corrected chi connectivity index (χ3v) is 3.50. The highest BCUT2D eigenvalue weighted by Crippen LogP contribution is 2.15. The van der Waals surface area contributed by atoms with Crippen LogP contribution in [0.15, 0.2) is 48.5 Å². The minimum absolute atomic E-state index is 0.256. The Morgan fingerprint density at radius 3 is 2.30 bits per heavy atom. The van der Waals surface area contributed by atoms with Crippen LogP contribution in [0.5, 0.6) is 0 Å². The quantitative estimate of drug-likeness (QED) is 0.751. The highest BCUT2D eigenvalue weighted by atomic mass is 127.